The highest BCUT2D eigenvalue weighted by atomic mass is 16.2. The third-order valence-corrected chi connectivity index (χ3v) is 4.26. The molecule has 2 aromatic rings. The molecule has 0 bridgehead atoms. The fourth-order valence-electron chi connectivity index (χ4n) is 3.13. The van der Waals surface area contributed by atoms with Crippen molar-refractivity contribution >= 4 is 11.6 Å². The van der Waals surface area contributed by atoms with Crippen molar-refractivity contribution < 1.29 is 4.79 Å². The van der Waals surface area contributed by atoms with E-state index in [2.05, 4.69) is 21.2 Å². The summed E-state index contributed by atoms with van der Waals surface area (Å²) in [6.07, 6.45) is 2.71. The predicted octanol–water partition coefficient (Wildman–Crippen LogP) is 0.683. The number of aromatic nitrogens is 3. The normalized spacial score (nSPS) is 17.6. The number of carbonyl (C=O) groups is 1. The smallest absolute Gasteiger partial charge is 0.241 e. The molecule has 0 fully saturated rings. The monoisotopic (exact) mass is 283 g/mol. The summed E-state index contributed by atoms with van der Waals surface area (Å²) in [6.45, 7) is 3.66. The Bertz CT molecular complexity index is 680. The van der Waals surface area contributed by atoms with Gasteiger partial charge in [0.2, 0.25) is 5.91 Å². The first-order valence-corrected chi connectivity index (χ1v) is 7.28. The first kappa shape index (κ1) is 12.5. The topological polar surface area (TPSA) is 54.3 Å². The molecular weight excluding hydrogens is 266 g/mol. The molecule has 0 radical (unpaired) electrons. The van der Waals surface area contributed by atoms with Crippen LogP contribution in [-0.4, -0.2) is 45.2 Å². The van der Waals surface area contributed by atoms with Crippen molar-refractivity contribution in [2.45, 2.75) is 19.5 Å². The number of carbonyl (C=O) groups excluding carboxylic acids is 1. The van der Waals surface area contributed by atoms with E-state index in [1.54, 1.807) is 6.33 Å². The number of hydrogen-bond donors (Lipinski definition) is 0. The summed E-state index contributed by atoms with van der Waals surface area (Å²) < 4.78 is 2.05. The third-order valence-electron chi connectivity index (χ3n) is 4.26. The van der Waals surface area contributed by atoms with Crippen LogP contribution in [-0.2, 0) is 24.3 Å². The van der Waals surface area contributed by atoms with Crippen molar-refractivity contribution in [1.29, 1.82) is 0 Å². The van der Waals surface area contributed by atoms with E-state index in [0.717, 1.165) is 37.6 Å². The van der Waals surface area contributed by atoms with Gasteiger partial charge in [-0.05, 0) is 18.1 Å². The molecule has 3 heterocycles. The van der Waals surface area contributed by atoms with Crippen molar-refractivity contribution in [1.82, 2.24) is 19.7 Å². The lowest BCUT2D eigenvalue weighted by Gasteiger charge is -2.28. The largest absolute Gasteiger partial charge is 0.315 e. The van der Waals surface area contributed by atoms with Gasteiger partial charge in [-0.1, -0.05) is 18.2 Å². The fourth-order valence-corrected chi connectivity index (χ4v) is 3.13. The second kappa shape index (κ2) is 4.96. The van der Waals surface area contributed by atoms with Gasteiger partial charge >= 0.3 is 0 Å². The predicted molar refractivity (Wildman–Crippen MR) is 77.8 cm³/mol. The van der Waals surface area contributed by atoms with Crippen LogP contribution in [0.3, 0.4) is 0 Å². The summed E-state index contributed by atoms with van der Waals surface area (Å²) in [6, 6.07) is 8.16. The average Bonchev–Trinajstić information content (AvgIpc) is 3.13. The van der Waals surface area contributed by atoms with Gasteiger partial charge in [-0.2, -0.15) is 0 Å². The quantitative estimate of drug-likeness (QED) is 0.813. The van der Waals surface area contributed by atoms with Gasteiger partial charge in [-0.15, -0.1) is 10.2 Å². The van der Waals surface area contributed by atoms with Crippen molar-refractivity contribution in [3.63, 3.8) is 0 Å². The molecule has 0 atom stereocenters. The van der Waals surface area contributed by atoms with Gasteiger partial charge in [0.1, 0.15) is 12.2 Å². The van der Waals surface area contributed by atoms with Crippen LogP contribution in [0.5, 0.6) is 0 Å². The SMILES string of the molecule is O=C(CN1CCn2cnnc2C1)N1CCc2ccccc21. The molecule has 2 aliphatic rings. The second-order valence-corrected chi connectivity index (χ2v) is 5.58. The molecule has 6 heteroatoms. The minimum Gasteiger partial charge on any atom is -0.315 e. The number of benzene rings is 1. The zero-order chi connectivity index (χ0) is 14.2. The molecule has 2 aliphatic heterocycles. The molecular formula is C15H17N5O. The van der Waals surface area contributed by atoms with Gasteiger partial charge < -0.3 is 9.47 Å². The maximum absolute atomic E-state index is 12.6. The van der Waals surface area contributed by atoms with Crippen LogP contribution in [0.4, 0.5) is 5.69 Å². The summed E-state index contributed by atoms with van der Waals surface area (Å²) in [5.41, 5.74) is 2.34. The Balaban J connectivity index is 1.46. The van der Waals surface area contributed by atoms with Crippen LogP contribution in [0, 0.1) is 0 Å². The van der Waals surface area contributed by atoms with Crippen LogP contribution in [0.1, 0.15) is 11.4 Å². The third kappa shape index (κ3) is 2.21. The lowest BCUT2D eigenvalue weighted by atomic mass is 10.2. The number of nitrogens with zero attached hydrogens (tertiary/aromatic N) is 5. The second-order valence-electron chi connectivity index (χ2n) is 5.58. The first-order valence-electron chi connectivity index (χ1n) is 7.28. The van der Waals surface area contributed by atoms with Gasteiger partial charge in [-0.25, -0.2) is 0 Å². The fraction of sp³-hybridized carbons (Fsp3) is 0.400. The first-order chi connectivity index (χ1) is 10.3. The molecule has 1 aromatic heterocycles. The molecule has 6 nitrogen and oxygen atoms in total. The van der Waals surface area contributed by atoms with Crippen LogP contribution in [0.15, 0.2) is 30.6 Å². The Labute approximate surface area is 123 Å². The van der Waals surface area contributed by atoms with Gasteiger partial charge in [0.05, 0.1) is 13.1 Å². The van der Waals surface area contributed by atoms with E-state index in [-0.39, 0.29) is 5.91 Å². The number of fused-ring (bicyclic) bond motifs is 2. The molecule has 0 unspecified atom stereocenters. The zero-order valence-electron chi connectivity index (χ0n) is 11.8. The van der Waals surface area contributed by atoms with Gasteiger partial charge in [0.25, 0.3) is 0 Å². The summed E-state index contributed by atoms with van der Waals surface area (Å²) >= 11 is 0. The van der Waals surface area contributed by atoms with E-state index in [1.807, 2.05) is 27.7 Å². The van der Waals surface area contributed by atoms with Gasteiger partial charge in [-0.3, -0.25) is 9.69 Å². The van der Waals surface area contributed by atoms with E-state index in [1.165, 1.54) is 5.56 Å². The molecule has 1 aromatic carbocycles. The van der Waals surface area contributed by atoms with E-state index >= 15 is 0 Å². The minimum atomic E-state index is 0.174. The average molecular weight is 283 g/mol. The van der Waals surface area contributed by atoms with Crippen molar-refractivity contribution in [2.75, 3.05) is 24.5 Å². The van der Waals surface area contributed by atoms with Crippen LogP contribution < -0.4 is 4.90 Å². The summed E-state index contributed by atoms with van der Waals surface area (Å²) in [4.78, 5) is 16.6. The maximum atomic E-state index is 12.6. The Morgan fingerprint density at radius 3 is 3.05 bits per heavy atom. The van der Waals surface area contributed by atoms with Crippen LogP contribution in [0.25, 0.3) is 0 Å². The van der Waals surface area contributed by atoms with Crippen LogP contribution >= 0.6 is 0 Å². The van der Waals surface area contributed by atoms with E-state index in [0.29, 0.717) is 13.1 Å². The highest BCUT2D eigenvalue weighted by molar-refractivity contribution is 5.96. The highest BCUT2D eigenvalue weighted by Crippen LogP contribution is 2.27. The Morgan fingerprint density at radius 1 is 1.19 bits per heavy atom. The molecule has 4 rings (SSSR count). The van der Waals surface area contributed by atoms with E-state index in [9.17, 15) is 4.79 Å². The minimum absolute atomic E-state index is 0.174. The molecule has 21 heavy (non-hydrogen) atoms. The molecule has 108 valence electrons. The zero-order valence-corrected chi connectivity index (χ0v) is 11.8. The van der Waals surface area contributed by atoms with Crippen LogP contribution in [0.2, 0.25) is 0 Å². The van der Waals surface area contributed by atoms with Gasteiger partial charge in [0.15, 0.2) is 0 Å². The summed E-state index contributed by atoms with van der Waals surface area (Å²) in [7, 11) is 0. The molecule has 1 amide bonds. The Morgan fingerprint density at radius 2 is 2.10 bits per heavy atom. The summed E-state index contributed by atoms with van der Waals surface area (Å²) in [5, 5.41) is 8.01. The standard InChI is InChI=1S/C15H17N5O/c21-15(20-6-5-12-3-1-2-4-13(12)20)10-18-7-8-19-11-16-17-14(19)9-18/h1-4,11H,5-10H2. The number of para-hydroxylation sites is 1. The number of rotatable bonds is 2. The van der Waals surface area contributed by atoms with Crippen molar-refractivity contribution in [3.8, 4) is 0 Å². The number of amides is 1. The van der Waals surface area contributed by atoms with E-state index in [4.69, 9.17) is 0 Å². The number of anilines is 1. The molecule has 0 spiro atoms. The Kier molecular flexibility index (Phi) is 2.96. The number of hydrogen-bond acceptors (Lipinski definition) is 4. The summed E-state index contributed by atoms with van der Waals surface area (Å²) in [5.74, 6) is 1.11. The molecule has 0 N–H and O–H groups in total. The lowest BCUT2D eigenvalue weighted by Crippen LogP contribution is -2.42. The highest BCUT2D eigenvalue weighted by Gasteiger charge is 2.27. The Hall–Kier alpha value is -2.21. The van der Waals surface area contributed by atoms with Crippen molar-refractivity contribution in [3.05, 3.63) is 42.0 Å². The van der Waals surface area contributed by atoms with E-state index < -0.39 is 0 Å². The van der Waals surface area contributed by atoms with Gasteiger partial charge in [0, 0.05) is 25.3 Å². The van der Waals surface area contributed by atoms with Crippen molar-refractivity contribution in [2.24, 2.45) is 0 Å². The molecule has 0 aliphatic carbocycles. The maximum Gasteiger partial charge on any atom is 0.241 e. The molecule has 0 saturated carbocycles. The lowest BCUT2D eigenvalue weighted by molar-refractivity contribution is -0.120. The molecule has 0 saturated heterocycles.